The van der Waals surface area contributed by atoms with E-state index in [1.54, 1.807) is 18.2 Å². The summed E-state index contributed by atoms with van der Waals surface area (Å²) in [6.07, 6.45) is 0.942. The third kappa shape index (κ3) is 3.73. The van der Waals surface area contributed by atoms with Crippen molar-refractivity contribution in [2.75, 3.05) is 42.5 Å². The van der Waals surface area contributed by atoms with Gasteiger partial charge < -0.3 is 19.7 Å². The zero-order valence-corrected chi connectivity index (χ0v) is 17.1. The predicted molar refractivity (Wildman–Crippen MR) is 116 cm³/mol. The van der Waals surface area contributed by atoms with Crippen LogP contribution >= 0.6 is 0 Å². The van der Waals surface area contributed by atoms with Gasteiger partial charge in [-0.2, -0.15) is 0 Å². The molecule has 1 unspecified atom stereocenters. The molecule has 3 aromatic rings. The van der Waals surface area contributed by atoms with Crippen LogP contribution in [0.5, 0.6) is 0 Å². The zero-order chi connectivity index (χ0) is 21.4. The minimum atomic E-state index is -0.444. The van der Waals surface area contributed by atoms with Crippen molar-refractivity contribution in [1.29, 1.82) is 0 Å². The number of aromatic nitrogens is 2. The average Bonchev–Trinajstić information content (AvgIpc) is 3.29. The van der Waals surface area contributed by atoms with Crippen LogP contribution in [-0.4, -0.2) is 59.4 Å². The minimum Gasteiger partial charge on any atom is -0.341 e. The van der Waals surface area contributed by atoms with Gasteiger partial charge in [-0.1, -0.05) is 24.3 Å². The van der Waals surface area contributed by atoms with E-state index in [4.69, 9.17) is 0 Å². The molecule has 3 heterocycles. The van der Waals surface area contributed by atoms with Gasteiger partial charge in [-0.05, 0) is 30.7 Å². The lowest BCUT2D eigenvalue weighted by Gasteiger charge is -2.24. The predicted octanol–water partition coefficient (Wildman–Crippen LogP) is 2.79. The van der Waals surface area contributed by atoms with Crippen molar-refractivity contribution >= 4 is 34.5 Å². The molecule has 2 amide bonds. The van der Waals surface area contributed by atoms with Gasteiger partial charge in [0, 0.05) is 39.1 Å². The van der Waals surface area contributed by atoms with Gasteiger partial charge in [0.1, 0.15) is 5.82 Å². The molecule has 7 nitrogen and oxygen atoms in total. The molecule has 2 fully saturated rings. The number of aromatic amines is 1. The maximum absolute atomic E-state index is 14.1. The van der Waals surface area contributed by atoms with E-state index in [9.17, 15) is 14.0 Å². The fourth-order valence-electron chi connectivity index (χ4n) is 4.47. The lowest BCUT2D eigenvalue weighted by molar-refractivity contribution is -0.135. The first-order chi connectivity index (χ1) is 15.1. The van der Waals surface area contributed by atoms with Crippen LogP contribution in [0.15, 0.2) is 48.5 Å². The Labute approximate surface area is 179 Å². The van der Waals surface area contributed by atoms with Crippen LogP contribution < -0.4 is 9.80 Å². The van der Waals surface area contributed by atoms with E-state index >= 15 is 0 Å². The number of hydrogen-bond donors (Lipinski definition) is 1. The summed E-state index contributed by atoms with van der Waals surface area (Å²) in [7, 11) is 0. The summed E-state index contributed by atoms with van der Waals surface area (Å²) < 4.78 is 14.1. The Morgan fingerprint density at radius 2 is 1.84 bits per heavy atom. The number of amides is 2. The summed E-state index contributed by atoms with van der Waals surface area (Å²) in [6.45, 7) is 2.90. The van der Waals surface area contributed by atoms with Crippen LogP contribution in [0.2, 0.25) is 0 Å². The third-order valence-corrected chi connectivity index (χ3v) is 6.10. The lowest BCUT2D eigenvalue weighted by Crippen LogP contribution is -2.40. The maximum atomic E-state index is 14.1. The van der Waals surface area contributed by atoms with Crippen LogP contribution in [0.4, 0.5) is 16.0 Å². The zero-order valence-electron chi connectivity index (χ0n) is 17.1. The first-order valence-corrected chi connectivity index (χ1v) is 10.6. The van der Waals surface area contributed by atoms with Gasteiger partial charge in [0.15, 0.2) is 0 Å². The molecule has 0 radical (unpaired) electrons. The molecule has 0 bridgehead atoms. The molecule has 2 aliphatic rings. The molecule has 1 N–H and O–H groups in total. The molecule has 31 heavy (non-hydrogen) atoms. The highest BCUT2D eigenvalue weighted by atomic mass is 19.1. The molecule has 0 aliphatic carbocycles. The molecule has 0 spiro atoms. The number of carbonyl (C=O) groups excluding carboxylic acids is 2. The Kier molecular flexibility index (Phi) is 5.05. The van der Waals surface area contributed by atoms with Crippen molar-refractivity contribution in [3.8, 4) is 0 Å². The second kappa shape index (κ2) is 8.02. The second-order valence-electron chi connectivity index (χ2n) is 8.10. The van der Waals surface area contributed by atoms with Crippen LogP contribution in [-0.2, 0) is 9.59 Å². The van der Waals surface area contributed by atoms with Gasteiger partial charge in [0.2, 0.25) is 17.8 Å². The number of para-hydroxylation sites is 3. The van der Waals surface area contributed by atoms with Crippen LogP contribution in [0.1, 0.15) is 12.8 Å². The van der Waals surface area contributed by atoms with Crippen molar-refractivity contribution in [3.05, 3.63) is 54.3 Å². The normalized spacial score (nSPS) is 19.8. The molecule has 2 saturated heterocycles. The van der Waals surface area contributed by atoms with Crippen LogP contribution in [0.3, 0.4) is 0 Å². The first kappa shape index (κ1) is 19.5. The standard InChI is InChI=1S/C23H24FN5O2/c24-17-6-1-4-9-20(17)29-15-16(14-21(29)30)22(31)27-10-5-11-28(13-12-27)23-25-18-7-2-3-8-19(18)26-23/h1-4,6-9,16H,5,10-15H2,(H,25,26). The number of halogens is 1. The third-order valence-electron chi connectivity index (χ3n) is 6.10. The van der Waals surface area contributed by atoms with Crippen molar-refractivity contribution in [1.82, 2.24) is 14.9 Å². The SMILES string of the molecule is O=C(C1CC(=O)N(c2ccccc2F)C1)N1CCCN(c2nc3ccccc3[nH]2)CC1. The van der Waals surface area contributed by atoms with Gasteiger partial charge in [-0.15, -0.1) is 0 Å². The number of nitrogens with zero attached hydrogens (tertiary/aromatic N) is 4. The molecule has 1 aromatic heterocycles. The Morgan fingerprint density at radius 3 is 2.68 bits per heavy atom. The Morgan fingerprint density at radius 1 is 1.03 bits per heavy atom. The van der Waals surface area contributed by atoms with E-state index in [2.05, 4.69) is 14.9 Å². The van der Waals surface area contributed by atoms with E-state index in [1.807, 2.05) is 29.2 Å². The Hall–Kier alpha value is -3.42. The van der Waals surface area contributed by atoms with E-state index in [0.717, 1.165) is 29.9 Å². The quantitative estimate of drug-likeness (QED) is 0.706. The highest BCUT2D eigenvalue weighted by Gasteiger charge is 2.38. The van der Waals surface area contributed by atoms with Gasteiger partial charge >= 0.3 is 0 Å². The number of benzene rings is 2. The Balaban J connectivity index is 1.25. The maximum Gasteiger partial charge on any atom is 0.228 e. The van der Waals surface area contributed by atoms with E-state index < -0.39 is 11.7 Å². The summed E-state index contributed by atoms with van der Waals surface area (Å²) in [5.74, 6) is -0.303. The minimum absolute atomic E-state index is 0.0290. The number of nitrogens with one attached hydrogen (secondary N) is 1. The van der Waals surface area contributed by atoms with Gasteiger partial charge in [0.25, 0.3) is 0 Å². The van der Waals surface area contributed by atoms with Gasteiger partial charge in [0.05, 0.1) is 22.6 Å². The van der Waals surface area contributed by atoms with Gasteiger partial charge in [-0.25, -0.2) is 9.37 Å². The highest BCUT2D eigenvalue weighted by molar-refractivity contribution is 6.00. The second-order valence-corrected chi connectivity index (χ2v) is 8.10. The van der Waals surface area contributed by atoms with Crippen LogP contribution in [0.25, 0.3) is 11.0 Å². The first-order valence-electron chi connectivity index (χ1n) is 10.6. The fraction of sp³-hybridized carbons (Fsp3) is 0.348. The fourth-order valence-corrected chi connectivity index (χ4v) is 4.47. The molecule has 8 heteroatoms. The Bertz CT molecular complexity index is 1100. The summed E-state index contributed by atoms with van der Waals surface area (Å²) in [5.41, 5.74) is 2.16. The van der Waals surface area contributed by atoms with Crippen molar-refractivity contribution in [2.24, 2.45) is 5.92 Å². The summed E-state index contributed by atoms with van der Waals surface area (Å²) in [5, 5.41) is 0. The summed E-state index contributed by atoms with van der Waals surface area (Å²) >= 11 is 0. The lowest BCUT2D eigenvalue weighted by atomic mass is 10.1. The molecule has 160 valence electrons. The number of anilines is 2. The molecule has 2 aromatic carbocycles. The van der Waals surface area contributed by atoms with Crippen LogP contribution in [0, 0.1) is 11.7 Å². The number of rotatable bonds is 3. The highest BCUT2D eigenvalue weighted by Crippen LogP contribution is 2.28. The monoisotopic (exact) mass is 421 g/mol. The largest absolute Gasteiger partial charge is 0.341 e. The number of fused-ring (bicyclic) bond motifs is 1. The number of H-pyrrole nitrogens is 1. The summed E-state index contributed by atoms with van der Waals surface area (Å²) in [4.78, 5) is 39.1. The van der Waals surface area contributed by atoms with Gasteiger partial charge in [-0.3, -0.25) is 9.59 Å². The number of carbonyl (C=O) groups is 2. The number of imidazole rings is 1. The van der Waals surface area contributed by atoms with E-state index in [0.29, 0.717) is 19.6 Å². The molecular formula is C23H24FN5O2. The molecule has 5 rings (SSSR count). The van der Waals surface area contributed by atoms with Crippen molar-refractivity contribution in [3.63, 3.8) is 0 Å². The molecule has 0 saturated carbocycles. The van der Waals surface area contributed by atoms with Crippen molar-refractivity contribution < 1.29 is 14.0 Å². The molecule has 2 aliphatic heterocycles. The van der Waals surface area contributed by atoms with E-state index in [-0.39, 0.29) is 30.5 Å². The van der Waals surface area contributed by atoms with Crippen molar-refractivity contribution in [2.45, 2.75) is 12.8 Å². The number of hydrogen-bond acceptors (Lipinski definition) is 4. The molecular weight excluding hydrogens is 397 g/mol. The summed E-state index contributed by atoms with van der Waals surface area (Å²) in [6, 6.07) is 14.1. The average molecular weight is 421 g/mol. The van der Waals surface area contributed by atoms with E-state index in [1.165, 1.54) is 11.0 Å². The topological polar surface area (TPSA) is 72.5 Å². The smallest absolute Gasteiger partial charge is 0.228 e. The molecule has 1 atom stereocenters.